The van der Waals surface area contributed by atoms with Crippen LogP contribution in [0.25, 0.3) is 0 Å². The van der Waals surface area contributed by atoms with E-state index in [2.05, 4.69) is 22.0 Å². The quantitative estimate of drug-likeness (QED) is 0.606. The number of hydrogen-bond acceptors (Lipinski definition) is 5. The van der Waals surface area contributed by atoms with Gasteiger partial charge in [0, 0.05) is 17.5 Å². The highest BCUT2D eigenvalue weighted by atomic mass is 16.6. The largest absolute Gasteiger partial charge is 0.477 e. The van der Waals surface area contributed by atoms with Gasteiger partial charge in [-0.1, -0.05) is 12.1 Å². The number of fused-ring (bicyclic) bond motifs is 2. The molecule has 1 aromatic heterocycles. The molecule has 2 aliphatic rings. The third kappa shape index (κ3) is 3.74. The molecule has 0 aromatic carbocycles. The van der Waals surface area contributed by atoms with Gasteiger partial charge in [0.25, 0.3) is 0 Å². The van der Waals surface area contributed by atoms with Gasteiger partial charge in [-0.05, 0) is 52.3 Å². The number of piperidine rings is 1. The lowest BCUT2D eigenvalue weighted by molar-refractivity contribution is -0.155. The maximum Gasteiger partial charge on any atom is 0.307 e. The van der Waals surface area contributed by atoms with Gasteiger partial charge in [-0.15, -0.1) is 0 Å². The minimum atomic E-state index is -0.404. The van der Waals surface area contributed by atoms with Gasteiger partial charge in [0.1, 0.15) is 5.60 Å². The van der Waals surface area contributed by atoms with Crippen LogP contribution >= 0.6 is 0 Å². The van der Waals surface area contributed by atoms with Gasteiger partial charge in [-0.25, -0.2) is 4.98 Å². The number of carbonyl (C=O) groups excluding carboxylic acids is 1. The van der Waals surface area contributed by atoms with Crippen molar-refractivity contribution in [1.29, 1.82) is 0 Å². The monoisotopic (exact) mass is 330 g/mol. The Kier molecular flexibility index (Phi) is 4.60. The Morgan fingerprint density at radius 3 is 2.75 bits per heavy atom. The fourth-order valence-corrected chi connectivity index (χ4v) is 3.59. The SMILES string of the molecule is Bc1ccc2c(n1)OCC21CCN(CCC(=O)OC(C)(C)C)CC1. The van der Waals surface area contributed by atoms with Crippen LogP contribution in [0, 0.1) is 0 Å². The molecular formula is C18H27BN2O3. The summed E-state index contributed by atoms with van der Waals surface area (Å²) >= 11 is 0. The molecule has 0 N–H and O–H groups in total. The summed E-state index contributed by atoms with van der Waals surface area (Å²) in [5.41, 5.74) is 1.97. The number of likely N-dealkylation sites (tertiary alicyclic amines) is 1. The first kappa shape index (κ1) is 17.3. The second-order valence-electron chi connectivity index (χ2n) is 8.05. The molecule has 0 aliphatic carbocycles. The standard InChI is InChI=1S/C18H27BN2O3/c1-17(2,3)24-15(22)6-9-21-10-7-18(8-11-21)12-23-16-13(18)4-5-14(19)20-16/h4-5H,6-12,19H2,1-3H3. The van der Waals surface area contributed by atoms with Gasteiger partial charge >= 0.3 is 5.97 Å². The van der Waals surface area contributed by atoms with Crippen molar-refractivity contribution in [1.82, 2.24) is 9.88 Å². The van der Waals surface area contributed by atoms with E-state index in [0.29, 0.717) is 6.42 Å². The molecule has 0 saturated carbocycles. The van der Waals surface area contributed by atoms with Crippen molar-refractivity contribution in [2.75, 3.05) is 26.2 Å². The molecule has 5 nitrogen and oxygen atoms in total. The van der Waals surface area contributed by atoms with Crippen molar-refractivity contribution in [2.45, 2.75) is 51.0 Å². The number of hydrogen-bond donors (Lipinski definition) is 0. The van der Waals surface area contributed by atoms with Crippen molar-refractivity contribution in [3.05, 3.63) is 17.7 Å². The molecule has 1 fully saturated rings. The van der Waals surface area contributed by atoms with E-state index >= 15 is 0 Å². The summed E-state index contributed by atoms with van der Waals surface area (Å²) in [6.07, 6.45) is 2.57. The smallest absolute Gasteiger partial charge is 0.307 e. The van der Waals surface area contributed by atoms with Crippen LogP contribution in [-0.2, 0) is 14.9 Å². The van der Waals surface area contributed by atoms with Gasteiger partial charge in [-0.3, -0.25) is 4.79 Å². The van der Waals surface area contributed by atoms with Crippen LogP contribution in [0.2, 0.25) is 0 Å². The first-order valence-electron chi connectivity index (χ1n) is 8.83. The van der Waals surface area contributed by atoms with Crippen LogP contribution in [0.5, 0.6) is 5.88 Å². The second-order valence-corrected chi connectivity index (χ2v) is 8.05. The third-order valence-electron chi connectivity index (χ3n) is 4.92. The molecule has 3 rings (SSSR count). The number of carbonyl (C=O) groups is 1. The van der Waals surface area contributed by atoms with Crippen LogP contribution in [-0.4, -0.2) is 55.5 Å². The summed E-state index contributed by atoms with van der Waals surface area (Å²) in [6, 6.07) is 4.26. The summed E-state index contributed by atoms with van der Waals surface area (Å²) in [5, 5.41) is 0. The van der Waals surface area contributed by atoms with Crippen molar-refractivity contribution < 1.29 is 14.3 Å². The molecule has 24 heavy (non-hydrogen) atoms. The van der Waals surface area contributed by atoms with Crippen molar-refractivity contribution in [3.8, 4) is 5.88 Å². The highest BCUT2D eigenvalue weighted by molar-refractivity contribution is 6.30. The molecule has 0 radical (unpaired) electrons. The Morgan fingerprint density at radius 1 is 1.38 bits per heavy atom. The fourth-order valence-electron chi connectivity index (χ4n) is 3.59. The van der Waals surface area contributed by atoms with Crippen LogP contribution in [0.15, 0.2) is 12.1 Å². The van der Waals surface area contributed by atoms with E-state index in [4.69, 9.17) is 9.47 Å². The summed E-state index contributed by atoms with van der Waals surface area (Å²) in [5.74, 6) is 0.703. The summed E-state index contributed by atoms with van der Waals surface area (Å²) < 4.78 is 11.2. The minimum Gasteiger partial charge on any atom is -0.477 e. The third-order valence-corrected chi connectivity index (χ3v) is 4.92. The topological polar surface area (TPSA) is 51.7 Å². The van der Waals surface area contributed by atoms with E-state index in [1.165, 1.54) is 5.56 Å². The molecule has 1 saturated heterocycles. The zero-order valence-electron chi connectivity index (χ0n) is 15.2. The Labute approximate surface area is 145 Å². The molecule has 1 aromatic rings. The highest BCUT2D eigenvalue weighted by Gasteiger charge is 2.43. The zero-order chi connectivity index (χ0) is 17.4. The maximum atomic E-state index is 11.9. The molecule has 3 heterocycles. The number of rotatable bonds is 3. The molecule has 0 unspecified atom stereocenters. The lowest BCUT2D eigenvalue weighted by Gasteiger charge is -2.38. The Balaban J connectivity index is 1.53. The molecule has 0 bridgehead atoms. The predicted molar refractivity (Wildman–Crippen MR) is 95.7 cm³/mol. The molecule has 0 amide bonds. The first-order valence-corrected chi connectivity index (χ1v) is 8.83. The normalized spacial score (nSPS) is 19.8. The Morgan fingerprint density at radius 2 is 2.08 bits per heavy atom. The van der Waals surface area contributed by atoms with Gasteiger partial charge < -0.3 is 14.4 Å². The average molecular weight is 330 g/mol. The van der Waals surface area contributed by atoms with E-state index < -0.39 is 5.60 Å². The van der Waals surface area contributed by atoms with Crippen LogP contribution in [0.4, 0.5) is 0 Å². The van der Waals surface area contributed by atoms with E-state index in [1.54, 1.807) is 0 Å². The van der Waals surface area contributed by atoms with Gasteiger partial charge in [0.2, 0.25) is 5.88 Å². The maximum absolute atomic E-state index is 11.9. The lowest BCUT2D eigenvalue weighted by atomic mass is 9.74. The minimum absolute atomic E-state index is 0.110. The number of aromatic nitrogens is 1. The summed E-state index contributed by atoms with van der Waals surface area (Å²) in [7, 11) is 1.99. The van der Waals surface area contributed by atoms with Crippen molar-refractivity contribution in [2.24, 2.45) is 0 Å². The van der Waals surface area contributed by atoms with E-state index in [-0.39, 0.29) is 11.4 Å². The Hall–Kier alpha value is -1.56. The van der Waals surface area contributed by atoms with E-state index in [1.807, 2.05) is 28.6 Å². The molecule has 2 aliphatic heterocycles. The van der Waals surface area contributed by atoms with E-state index in [0.717, 1.165) is 50.6 Å². The number of nitrogens with zero attached hydrogens (tertiary/aromatic N) is 2. The zero-order valence-corrected chi connectivity index (χ0v) is 15.2. The highest BCUT2D eigenvalue weighted by Crippen LogP contribution is 2.43. The molecule has 0 atom stereocenters. The molecule has 130 valence electrons. The van der Waals surface area contributed by atoms with E-state index in [9.17, 15) is 4.79 Å². The summed E-state index contributed by atoms with van der Waals surface area (Å²) in [4.78, 5) is 18.7. The average Bonchev–Trinajstić information content (AvgIpc) is 2.83. The Bertz CT molecular complexity index is 619. The fraction of sp³-hybridized carbons (Fsp3) is 0.667. The van der Waals surface area contributed by atoms with Gasteiger partial charge in [0.15, 0.2) is 7.85 Å². The van der Waals surface area contributed by atoms with Gasteiger partial charge in [0.05, 0.1) is 13.0 Å². The predicted octanol–water partition coefficient (Wildman–Crippen LogP) is 0.798. The molecule has 1 spiro atoms. The molecular weight excluding hydrogens is 303 g/mol. The van der Waals surface area contributed by atoms with Crippen molar-refractivity contribution >= 4 is 19.4 Å². The second kappa shape index (κ2) is 6.39. The number of ether oxygens (including phenoxy) is 2. The van der Waals surface area contributed by atoms with Crippen LogP contribution < -0.4 is 10.3 Å². The number of pyridine rings is 1. The number of esters is 1. The van der Waals surface area contributed by atoms with Crippen LogP contribution in [0.1, 0.15) is 45.6 Å². The lowest BCUT2D eigenvalue weighted by Crippen LogP contribution is -2.44. The first-order chi connectivity index (χ1) is 11.3. The van der Waals surface area contributed by atoms with Crippen molar-refractivity contribution in [3.63, 3.8) is 0 Å². The summed E-state index contributed by atoms with van der Waals surface area (Å²) in [6.45, 7) is 9.19. The van der Waals surface area contributed by atoms with Gasteiger partial charge in [-0.2, -0.15) is 0 Å². The molecule has 6 heteroatoms. The van der Waals surface area contributed by atoms with Crippen LogP contribution in [0.3, 0.4) is 0 Å².